The van der Waals surface area contributed by atoms with E-state index in [4.69, 9.17) is 0 Å². The van der Waals surface area contributed by atoms with Crippen molar-refractivity contribution in [1.82, 2.24) is 0 Å². The molecule has 0 saturated carbocycles. The van der Waals surface area contributed by atoms with Gasteiger partial charge < -0.3 is 0 Å². The molecule has 0 unspecified atom stereocenters. The molecule has 0 saturated heterocycles. The number of hydrogen-bond donors (Lipinski definition) is 0. The molecule has 0 aliphatic rings. The minimum absolute atomic E-state index is 1.39. The molecule has 74 valence electrons. The molecule has 0 amide bonds. The van der Waals surface area contributed by atoms with E-state index in [1.165, 1.54) is 12.2 Å². The molecule has 0 aliphatic heterocycles. The van der Waals surface area contributed by atoms with Crippen LogP contribution in [0.1, 0.15) is 27.2 Å². The second-order valence-electron chi connectivity index (χ2n) is 3.66. The van der Waals surface area contributed by atoms with Crippen LogP contribution in [0.15, 0.2) is 0 Å². The van der Waals surface area contributed by atoms with Crippen LogP contribution in [0.5, 0.6) is 0 Å². The first kappa shape index (κ1) is 13.1. The van der Waals surface area contributed by atoms with Gasteiger partial charge in [-0.3, -0.25) is 0 Å². The van der Waals surface area contributed by atoms with Gasteiger partial charge in [-0.05, 0) is 0 Å². The van der Waals surface area contributed by atoms with Gasteiger partial charge in [0.1, 0.15) is 0 Å². The van der Waals surface area contributed by atoms with Crippen molar-refractivity contribution in [3.8, 4) is 0 Å². The van der Waals surface area contributed by atoms with Crippen molar-refractivity contribution in [1.29, 1.82) is 0 Å². The Morgan fingerprint density at radius 2 is 1.50 bits per heavy atom. The fourth-order valence-corrected chi connectivity index (χ4v) is 13.0. The predicted molar refractivity (Wildman–Crippen MR) is 65.0 cm³/mol. The van der Waals surface area contributed by atoms with Crippen molar-refractivity contribution in [2.75, 3.05) is 12.0 Å². The van der Waals surface area contributed by atoms with Crippen LogP contribution in [-0.4, -0.2) is 30.4 Å². The Hall–Kier alpha value is 1.15. The molecule has 2 heteroatoms. The van der Waals surface area contributed by atoms with Gasteiger partial charge in [0.2, 0.25) is 0 Å². The van der Waals surface area contributed by atoms with E-state index in [1.807, 2.05) is 11.8 Å². The zero-order chi connectivity index (χ0) is 9.45. The van der Waals surface area contributed by atoms with Crippen molar-refractivity contribution in [3.05, 3.63) is 0 Å². The van der Waals surface area contributed by atoms with Crippen LogP contribution in [-0.2, 0) is 0 Å². The van der Waals surface area contributed by atoms with E-state index in [1.54, 1.807) is 17.7 Å². The second-order valence-corrected chi connectivity index (χ2v) is 20.7. The zero-order valence-electron chi connectivity index (χ0n) is 9.15. The molecule has 0 radical (unpaired) electrons. The molecule has 0 aromatic rings. The Morgan fingerprint density at radius 3 is 1.83 bits per heavy atom. The van der Waals surface area contributed by atoms with E-state index >= 15 is 0 Å². The van der Waals surface area contributed by atoms with E-state index in [0.717, 1.165) is 0 Å². The van der Waals surface area contributed by atoms with E-state index in [-0.39, 0.29) is 0 Å². The molecule has 0 aliphatic carbocycles. The van der Waals surface area contributed by atoms with Gasteiger partial charge >= 0.3 is 87.1 Å². The average molecular weight is 295 g/mol. The Balaban J connectivity index is 3.76. The Bertz CT molecular complexity index is 91.7. The molecule has 0 nitrogen and oxygen atoms in total. The average Bonchev–Trinajstić information content (AvgIpc) is 2.14. The number of hydrogen-bond acceptors (Lipinski definition) is 1. The van der Waals surface area contributed by atoms with E-state index in [2.05, 4.69) is 27.0 Å². The monoisotopic (exact) mass is 296 g/mol. The Labute approximate surface area is 86.8 Å². The Kier molecular flexibility index (Phi) is 8.27. The molecular formula is C10H24SSn. The molecule has 0 bridgehead atoms. The number of rotatable bonds is 7. The fraction of sp³-hybridized carbons (Fsp3) is 1.00. The van der Waals surface area contributed by atoms with Crippen LogP contribution in [0.2, 0.25) is 17.7 Å². The Morgan fingerprint density at radius 1 is 1.00 bits per heavy atom. The van der Waals surface area contributed by atoms with Gasteiger partial charge in [0.25, 0.3) is 0 Å². The summed E-state index contributed by atoms with van der Waals surface area (Å²) in [6, 6.07) is 0. The van der Waals surface area contributed by atoms with Crippen LogP contribution < -0.4 is 0 Å². The summed E-state index contributed by atoms with van der Waals surface area (Å²) in [6.07, 6.45) is 3.72. The molecule has 0 aromatic heterocycles. The summed E-state index contributed by atoms with van der Waals surface area (Å²) in [5, 5.41) is 0. The topological polar surface area (TPSA) is 0 Å². The molecule has 0 heterocycles. The van der Waals surface area contributed by atoms with Crippen molar-refractivity contribution >= 4 is 30.1 Å². The quantitative estimate of drug-likeness (QED) is 0.500. The maximum atomic E-state index is 2.43. The summed E-state index contributed by atoms with van der Waals surface area (Å²) in [4.78, 5) is 0. The van der Waals surface area contributed by atoms with Crippen LogP contribution in [0, 0.1) is 0 Å². The number of thioether (sulfide) groups is 1. The molecular weight excluding hydrogens is 271 g/mol. The van der Waals surface area contributed by atoms with Gasteiger partial charge in [-0.25, -0.2) is 0 Å². The molecule has 0 spiro atoms. The standard InChI is InChI=1S/C4H9S.3C2H5.Sn/c1-3-4-5-2;3*1-2;/h1,3-4H2,2H3;3*1H2,2H3;. The SMILES string of the molecule is C[CH2][Sn]([CH2]C)([CH2]C)[CH2]CCSC. The van der Waals surface area contributed by atoms with Gasteiger partial charge in [-0.2, -0.15) is 0 Å². The first-order valence-electron chi connectivity index (χ1n) is 5.23. The molecule has 0 aromatic carbocycles. The van der Waals surface area contributed by atoms with Crippen molar-refractivity contribution in [2.24, 2.45) is 0 Å². The molecule has 0 atom stereocenters. The summed E-state index contributed by atoms with van der Waals surface area (Å²) in [5.74, 6) is 1.39. The van der Waals surface area contributed by atoms with E-state index < -0.39 is 18.4 Å². The van der Waals surface area contributed by atoms with E-state index in [9.17, 15) is 0 Å². The first-order valence-corrected chi connectivity index (χ1v) is 14.7. The molecule has 12 heavy (non-hydrogen) atoms. The van der Waals surface area contributed by atoms with Gasteiger partial charge in [0.15, 0.2) is 0 Å². The summed E-state index contributed by atoms with van der Waals surface area (Å²) in [6.45, 7) is 7.30. The van der Waals surface area contributed by atoms with Gasteiger partial charge in [0.05, 0.1) is 0 Å². The van der Waals surface area contributed by atoms with Gasteiger partial charge in [-0.15, -0.1) is 0 Å². The van der Waals surface area contributed by atoms with Gasteiger partial charge in [-0.1, -0.05) is 0 Å². The third kappa shape index (κ3) is 4.40. The van der Waals surface area contributed by atoms with Crippen molar-refractivity contribution in [2.45, 2.75) is 44.9 Å². The predicted octanol–water partition coefficient (Wildman–Crippen LogP) is 4.25. The molecule has 0 fully saturated rings. The minimum atomic E-state index is -1.50. The van der Waals surface area contributed by atoms with Crippen LogP contribution in [0.4, 0.5) is 0 Å². The maximum absolute atomic E-state index is 2.43. The zero-order valence-corrected chi connectivity index (χ0v) is 12.8. The van der Waals surface area contributed by atoms with E-state index in [0.29, 0.717) is 0 Å². The van der Waals surface area contributed by atoms with Crippen LogP contribution in [0.3, 0.4) is 0 Å². The fourth-order valence-electron chi connectivity index (χ4n) is 1.87. The van der Waals surface area contributed by atoms with Gasteiger partial charge in [0, 0.05) is 0 Å². The van der Waals surface area contributed by atoms with Crippen LogP contribution >= 0.6 is 11.8 Å². The normalized spacial score (nSPS) is 12.0. The second kappa shape index (κ2) is 7.54. The third-order valence-electron chi connectivity index (χ3n) is 3.31. The summed E-state index contributed by atoms with van der Waals surface area (Å²) in [5.41, 5.74) is 0. The van der Waals surface area contributed by atoms with Crippen LogP contribution in [0.25, 0.3) is 0 Å². The van der Waals surface area contributed by atoms with Crippen molar-refractivity contribution < 1.29 is 0 Å². The summed E-state index contributed by atoms with van der Waals surface area (Å²) < 4.78 is 6.33. The third-order valence-corrected chi connectivity index (χ3v) is 20.9. The first-order chi connectivity index (χ1) is 5.74. The summed E-state index contributed by atoms with van der Waals surface area (Å²) in [7, 11) is 0. The summed E-state index contributed by atoms with van der Waals surface area (Å²) >= 11 is 0.507. The molecule has 0 rings (SSSR count). The molecule has 0 N–H and O–H groups in total. The van der Waals surface area contributed by atoms with Crippen molar-refractivity contribution in [3.63, 3.8) is 0 Å².